The minimum Gasteiger partial charge on any atom is -0.311 e. The third kappa shape index (κ3) is 7.58. The summed E-state index contributed by atoms with van der Waals surface area (Å²) in [4.78, 5) is 4.39. The zero-order valence-corrected chi connectivity index (χ0v) is 28.4. The maximum atomic E-state index is 10.1. The van der Waals surface area contributed by atoms with Gasteiger partial charge < -0.3 is 9.80 Å². The average Bonchev–Trinajstić information content (AvgIpc) is 3.22. The van der Waals surface area contributed by atoms with Gasteiger partial charge in [0.2, 0.25) is 0 Å². The molecule has 0 atom stereocenters. The first-order valence-electron chi connectivity index (χ1n) is 17.1. The van der Waals surface area contributed by atoms with E-state index in [4.69, 9.17) is 0 Å². The van der Waals surface area contributed by atoms with Crippen molar-refractivity contribution in [3.63, 3.8) is 0 Å². The van der Waals surface area contributed by atoms with Crippen molar-refractivity contribution in [1.29, 1.82) is 10.5 Å². The number of hydrogen-bond donors (Lipinski definition) is 0. The minimum absolute atomic E-state index is 0.568. The predicted molar refractivity (Wildman–Crippen MR) is 216 cm³/mol. The summed E-state index contributed by atoms with van der Waals surface area (Å²) in [5.41, 5.74) is 10.8. The van der Waals surface area contributed by atoms with E-state index < -0.39 is 0 Å². The van der Waals surface area contributed by atoms with Crippen LogP contribution in [0.15, 0.2) is 194 Å². The highest BCUT2D eigenvalue weighted by Gasteiger charge is 2.14. The Morgan fingerprint density at radius 2 is 0.577 bits per heavy atom. The van der Waals surface area contributed by atoms with Crippen molar-refractivity contribution in [2.75, 3.05) is 9.80 Å². The van der Waals surface area contributed by atoms with Crippen molar-refractivity contribution in [1.82, 2.24) is 0 Å². The Balaban J connectivity index is 1.10. The minimum atomic E-state index is 0.568. The topological polar surface area (TPSA) is 54.1 Å². The molecule has 52 heavy (non-hydrogen) atoms. The predicted octanol–water partition coefficient (Wildman–Crippen LogP) is 12.8. The van der Waals surface area contributed by atoms with E-state index in [0.717, 1.165) is 56.4 Å². The van der Waals surface area contributed by atoms with Gasteiger partial charge in [0, 0.05) is 34.1 Å². The molecule has 4 nitrogen and oxygen atoms in total. The van der Waals surface area contributed by atoms with Gasteiger partial charge in [-0.05, 0) is 107 Å². The van der Waals surface area contributed by atoms with Crippen LogP contribution in [0.1, 0.15) is 22.3 Å². The van der Waals surface area contributed by atoms with E-state index in [9.17, 15) is 10.5 Å². The number of nitriles is 2. The summed E-state index contributed by atoms with van der Waals surface area (Å²) in [6.07, 6.45) is 3.79. The summed E-state index contributed by atoms with van der Waals surface area (Å²) >= 11 is 0. The highest BCUT2D eigenvalue weighted by atomic mass is 15.1. The molecular weight excluding hydrogens is 633 g/mol. The summed E-state index contributed by atoms with van der Waals surface area (Å²) in [6.45, 7) is 0. The van der Waals surface area contributed by atoms with Crippen LogP contribution < -0.4 is 9.80 Å². The molecular formula is C48H34N4. The van der Waals surface area contributed by atoms with Gasteiger partial charge in [-0.1, -0.05) is 121 Å². The van der Waals surface area contributed by atoms with Gasteiger partial charge in [-0.3, -0.25) is 0 Å². The van der Waals surface area contributed by atoms with Crippen molar-refractivity contribution in [2.24, 2.45) is 0 Å². The van der Waals surface area contributed by atoms with Gasteiger partial charge in [-0.15, -0.1) is 0 Å². The molecule has 0 spiro atoms. The average molecular weight is 667 g/mol. The molecule has 0 saturated carbocycles. The Morgan fingerprint density at radius 1 is 0.327 bits per heavy atom. The summed E-state index contributed by atoms with van der Waals surface area (Å²) in [6, 6.07) is 69.8. The third-order valence-electron chi connectivity index (χ3n) is 8.73. The fourth-order valence-electron chi connectivity index (χ4n) is 6.16. The number of para-hydroxylation sites is 4. The lowest BCUT2D eigenvalue weighted by molar-refractivity contribution is 1.28. The van der Waals surface area contributed by atoms with Crippen LogP contribution in [-0.4, -0.2) is 0 Å². The van der Waals surface area contributed by atoms with Gasteiger partial charge >= 0.3 is 0 Å². The normalized spacial score (nSPS) is 11.3. The summed E-state index contributed by atoms with van der Waals surface area (Å²) < 4.78 is 0. The molecule has 0 heterocycles. The Morgan fingerprint density at radius 3 is 0.827 bits per heavy atom. The van der Waals surface area contributed by atoms with Crippen LogP contribution in [0.3, 0.4) is 0 Å². The molecule has 0 aromatic heterocycles. The van der Waals surface area contributed by atoms with Gasteiger partial charge in [0.1, 0.15) is 0 Å². The van der Waals surface area contributed by atoms with Crippen LogP contribution in [0.4, 0.5) is 34.1 Å². The van der Waals surface area contributed by atoms with E-state index in [1.807, 2.05) is 158 Å². The maximum absolute atomic E-state index is 10.1. The molecule has 0 radical (unpaired) electrons. The molecule has 0 fully saturated rings. The summed E-state index contributed by atoms with van der Waals surface area (Å²) in [5.74, 6) is 0. The first-order chi connectivity index (χ1) is 25.7. The molecule has 7 aromatic carbocycles. The molecule has 0 saturated heterocycles. The Hall–Kier alpha value is -7.40. The lowest BCUT2D eigenvalue weighted by Gasteiger charge is -2.25. The molecule has 0 aliphatic heterocycles. The van der Waals surface area contributed by atoms with E-state index in [2.05, 4.69) is 70.5 Å². The smallest absolute Gasteiger partial charge is 0.0998 e. The lowest BCUT2D eigenvalue weighted by Crippen LogP contribution is -2.09. The molecule has 0 N–H and O–H groups in total. The molecule has 0 amide bonds. The fourth-order valence-corrected chi connectivity index (χ4v) is 6.16. The van der Waals surface area contributed by atoms with E-state index in [0.29, 0.717) is 11.1 Å². The molecule has 0 unspecified atom stereocenters. The standard InChI is InChI=1S/C48H34N4/c49-35-41(39-25-29-47(30-26-39)51(43-13-5-1-6-14-43)44-15-7-2-8-16-44)33-37-21-23-38(24-22-37)34-42(36-50)40-27-31-48(32-28-40)52(45-17-9-3-10-18-45)46-19-11-4-12-20-46/h1-34H/b41-33-,42-34+. The number of allylic oxidation sites excluding steroid dienone is 2. The van der Waals surface area contributed by atoms with Crippen molar-refractivity contribution in [2.45, 2.75) is 0 Å². The highest BCUT2D eigenvalue weighted by Crippen LogP contribution is 2.36. The molecule has 7 rings (SSSR count). The summed E-state index contributed by atoms with van der Waals surface area (Å²) in [7, 11) is 0. The second-order valence-electron chi connectivity index (χ2n) is 12.1. The number of benzene rings is 7. The number of anilines is 6. The molecule has 7 aromatic rings. The van der Waals surface area contributed by atoms with E-state index in [1.165, 1.54) is 0 Å². The zero-order chi connectivity index (χ0) is 35.5. The van der Waals surface area contributed by atoms with Gasteiger partial charge in [-0.25, -0.2) is 0 Å². The largest absolute Gasteiger partial charge is 0.311 e. The van der Waals surface area contributed by atoms with Crippen molar-refractivity contribution >= 4 is 57.4 Å². The van der Waals surface area contributed by atoms with Crippen molar-refractivity contribution < 1.29 is 0 Å². The first kappa shape index (κ1) is 33.1. The zero-order valence-electron chi connectivity index (χ0n) is 28.4. The third-order valence-corrected chi connectivity index (χ3v) is 8.73. The maximum Gasteiger partial charge on any atom is 0.0998 e. The van der Waals surface area contributed by atoms with Crippen LogP contribution in [-0.2, 0) is 0 Å². The second kappa shape index (κ2) is 15.9. The lowest BCUT2D eigenvalue weighted by atomic mass is 10.0. The Labute approximate surface area is 305 Å². The number of hydrogen-bond acceptors (Lipinski definition) is 4. The fraction of sp³-hybridized carbons (Fsp3) is 0. The van der Waals surface area contributed by atoms with Crippen LogP contribution in [0.2, 0.25) is 0 Å². The van der Waals surface area contributed by atoms with Gasteiger partial charge in [-0.2, -0.15) is 10.5 Å². The van der Waals surface area contributed by atoms with Crippen LogP contribution in [0.5, 0.6) is 0 Å². The van der Waals surface area contributed by atoms with Crippen molar-refractivity contribution in [3.05, 3.63) is 216 Å². The Bertz CT molecular complexity index is 2120. The Kier molecular flexibility index (Phi) is 10.1. The van der Waals surface area contributed by atoms with Gasteiger partial charge in [0.05, 0.1) is 23.3 Å². The molecule has 0 aliphatic rings. The van der Waals surface area contributed by atoms with Crippen LogP contribution >= 0.6 is 0 Å². The molecule has 4 heteroatoms. The molecule has 0 bridgehead atoms. The van der Waals surface area contributed by atoms with Gasteiger partial charge in [0.25, 0.3) is 0 Å². The van der Waals surface area contributed by atoms with Crippen molar-refractivity contribution in [3.8, 4) is 12.1 Å². The SMILES string of the molecule is N#C/C(=C\c1ccc(/C=C(/C#N)c2ccc(N(c3ccccc3)c3ccccc3)cc2)cc1)c1ccc(N(c2ccccc2)c2ccccc2)cc1. The van der Waals surface area contributed by atoms with Crippen LogP contribution in [0, 0.1) is 22.7 Å². The number of nitrogens with zero attached hydrogens (tertiary/aromatic N) is 4. The quantitative estimate of drug-likeness (QED) is 0.108. The van der Waals surface area contributed by atoms with E-state index >= 15 is 0 Å². The molecule has 0 aliphatic carbocycles. The van der Waals surface area contributed by atoms with Crippen LogP contribution in [0.25, 0.3) is 23.3 Å². The van der Waals surface area contributed by atoms with Gasteiger partial charge in [0.15, 0.2) is 0 Å². The highest BCUT2D eigenvalue weighted by molar-refractivity contribution is 5.92. The first-order valence-corrected chi connectivity index (χ1v) is 17.1. The monoisotopic (exact) mass is 666 g/mol. The van der Waals surface area contributed by atoms with E-state index in [-0.39, 0.29) is 0 Å². The second-order valence-corrected chi connectivity index (χ2v) is 12.1. The molecule has 246 valence electrons. The summed E-state index contributed by atoms with van der Waals surface area (Å²) in [5, 5.41) is 20.2. The number of rotatable bonds is 10. The van der Waals surface area contributed by atoms with E-state index in [1.54, 1.807) is 0 Å².